The second kappa shape index (κ2) is 15.2. The summed E-state index contributed by atoms with van der Waals surface area (Å²) in [6, 6.07) is 0. The summed E-state index contributed by atoms with van der Waals surface area (Å²) >= 11 is 0. The van der Waals surface area contributed by atoms with E-state index in [9.17, 15) is 28.8 Å². The van der Waals surface area contributed by atoms with Crippen LogP contribution in [0.1, 0.15) is 28.5 Å². The molecule has 0 aliphatic carbocycles. The zero-order valence-electron chi connectivity index (χ0n) is 16.9. The standard InChI is InChI=1S/2C6H8O7.K.Na.2H/c2*7-3(8)1-6(13,5(11)12)2-4(9)10;;;;/h2*13H,1-2H2,(H,7,8)(H,9,10)(H,11,12);;;;/q;;2*+1;2*-1. The van der Waals surface area contributed by atoms with Crippen molar-refractivity contribution in [2.24, 2.45) is 0 Å². The van der Waals surface area contributed by atoms with Gasteiger partial charge in [0.1, 0.15) is 0 Å². The van der Waals surface area contributed by atoms with Crippen LogP contribution >= 0.6 is 0 Å². The van der Waals surface area contributed by atoms with Gasteiger partial charge in [-0.15, -0.1) is 0 Å². The van der Waals surface area contributed by atoms with Crippen LogP contribution < -0.4 is 80.9 Å². The maximum Gasteiger partial charge on any atom is 1.00 e. The predicted octanol–water partition coefficient (Wildman–Crippen LogP) is -8.26. The molecule has 0 aliphatic rings. The van der Waals surface area contributed by atoms with Gasteiger partial charge in [0.05, 0.1) is 25.7 Å². The maximum absolute atomic E-state index is 10.3. The second-order valence-corrected chi connectivity index (χ2v) is 4.96. The average Bonchev–Trinajstić information content (AvgIpc) is 2.34. The van der Waals surface area contributed by atoms with Crippen LogP contribution in [0.3, 0.4) is 0 Å². The van der Waals surface area contributed by atoms with Crippen LogP contribution in [0.25, 0.3) is 0 Å². The average molecular weight is 448 g/mol. The van der Waals surface area contributed by atoms with Gasteiger partial charge in [0.15, 0.2) is 11.2 Å². The summed E-state index contributed by atoms with van der Waals surface area (Å²) in [6.07, 6.45) is -4.58. The van der Waals surface area contributed by atoms with Crippen LogP contribution in [0.2, 0.25) is 0 Å². The zero-order chi connectivity index (χ0) is 21.3. The summed E-state index contributed by atoms with van der Waals surface area (Å²) in [5.74, 6) is -10.0. The van der Waals surface area contributed by atoms with Gasteiger partial charge >= 0.3 is 117 Å². The molecule has 0 heterocycles. The van der Waals surface area contributed by atoms with Crippen molar-refractivity contribution < 1.29 is 153 Å². The first-order valence-corrected chi connectivity index (χ1v) is 6.34. The minimum Gasteiger partial charge on any atom is -1.00 e. The molecule has 0 aromatic heterocycles. The van der Waals surface area contributed by atoms with Crippen molar-refractivity contribution >= 4 is 35.8 Å². The fraction of sp³-hybridized carbons (Fsp3) is 0.500. The molecule has 28 heavy (non-hydrogen) atoms. The Morgan fingerprint density at radius 2 is 0.679 bits per heavy atom. The molecule has 16 heteroatoms. The van der Waals surface area contributed by atoms with Crippen molar-refractivity contribution in [2.45, 2.75) is 36.9 Å². The zero-order valence-corrected chi connectivity index (χ0v) is 20.0. The SMILES string of the molecule is O=C(O)CC(O)(CC(=O)O)C(=O)O.O=C(O)CC(O)(CC(=O)O)C(=O)O.[H-].[H-].[K+].[Na+]. The molecule has 0 saturated heterocycles. The normalized spacial score (nSPS) is 10.1. The molecule has 0 atom stereocenters. The number of carbonyl (C=O) groups is 6. The number of carboxylic acids is 6. The summed E-state index contributed by atoms with van der Waals surface area (Å²) in [4.78, 5) is 61.0. The molecule has 8 N–H and O–H groups in total. The van der Waals surface area contributed by atoms with Crippen LogP contribution in [-0.2, 0) is 28.8 Å². The fourth-order valence-corrected chi connectivity index (χ4v) is 1.43. The molecule has 0 unspecified atom stereocenters. The van der Waals surface area contributed by atoms with Crippen LogP contribution in [0.4, 0.5) is 0 Å². The van der Waals surface area contributed by atoms with E-state index in [1.54, 1.807) is 0 Å². The van der Waals surface area contributed by atoms with Gasteiger partial charge < -0.3 is 43.7 Å². The minimum absolute atomic E-state index is 0. The molecule has 0 aliphatic heterocycles. The molecule has 14 nitrogen and oxygen atoms in total. The van der Waals surface area contributed by atoms with E-state index in [1.165, 1.54) is 0 Å². The van der Waals surface area contributed by atoms with E-state index in [0.29, 0.717) is 0 Å². The third-order valence-electron chi connectivity index (χ3n) is 2.57. The molecule has 0 radical (unpaired) electrons. The molecule has 0 saturated carbocycles. The van der Waals surface area contributed by atoms with Crippen molar-refractivity contribution in [1.29, 1.82) is 0 Å². The molecule has 0 spiro atoms. The Balaban J connectivity index is -0.0000000847. The van der Waals surface area contributed by atoms with Crippen molar-refractivity contribution in [2.75, 3.05) is 0 Å². The van der Waals surface area contributed by atoms with Crippen molar-refractivity contribution in [1.82, 2.24) is 0 Å². The fourth-order valence-electron chi connectivity index (χ4n) is 1.43. The quantitative estimate of drug-likeness (QED) is 0.144. The number of aliphatic hydroxyl groups is 2. The Labute approximate surface area is 223 Å². The van der Waals surface area contributed by atoms with Crippen LogP contribution in [0.5, 0.6) is 0 Å². The first-order valence-electron chi connectivity index (χ1n) is 6.34. The molecule has 0 amide bonds. The summed E-state index contributed by atoms with van der Waals surface area (Å²) < 4.78 is 0. The number of hydrogen-bond acceptors (Lipinski definition) is 8. The smallest absolute Gasteiger partial charge is 1.00 e. The summed E-state index contributed by atoms with van der Waals surface area (Å²) in [7, 11) is 0. The van der Waals surface area contributed by atoms with Crippen molar-refractivity contribution in [3.63, 3.8) is 0 Å². The predicted molar refractivity (Wildman–Crippen MR) is 76.4 cm³/mol. The Morgan fingerprint density at radius 1 is 0.536 bits per heavy atom. The van der Waals surface area contributed by atoms with E-state index < -0.39 is 72.7 Å². The molecular formula is C12H18KNaO14. The molecule has 0 aromatic rings. The van der Waals surface area contributed by atoms with Crippen LogP contribution in [-0.4, -0.2) is 87.9 Å². The van der Waals surface area contributed by atoms with Gasteiger partial charge in [0.2, 0.25) is 0 Å². The Hall–Kier alpha value is -0.624. The van der Waals surface area contributed by atoms with E-state index >= 15 is 0 Å². The summed E-state index contributed by atoms with van der Waals surface area (Å²) in [5, 5.41) is 67.6. The van der Waals surface area contributed by atoms with E-state index in [-0.39, 0.29) is 83.8 Å². The van der Waals surface area contributed by atoms with Crippen molar-refractivity contribution in [3.05, 3.63) is 0 Å². The number of aliphatic carboxylic acids is 6. The van der Waals surface area contributed by atoms with E-state index in [1.807, 2.05) is 0 Å². The van der Waals surface area contributed by atoms with Gasteiger partial charge in [-0.1, -0.05) is 0 Å². The van der Waals surface area contributed by atoms with Gasteiger partial charge in [-0.05, 0) is 0 Å². The van der Waals surface area contributed by atoms with Gasteiger partial charge in [-0.3, -0.25) is 19.2 Å². The number of carboxylic acid groups (broad SMARTS) is 6. The second-order valence-electron chi connectivity index (χ2n) is 4.96. The molecular weight excluding hydrogens is 430 g/mol. The first-order chi connectivity index (χ1) is 11.6. The Kier molecular flexibility index (Phi) is 19.0. The Bertz CT molecular complexity index is 530. The van der Waals surface area contributed by atoms with Crippen molar-refractivity contribution in [3.8, 4) is 0 Å². The van der Waals surface area contributed by atoms with Gasteiger partial charge in [-0.2, -0.15) is 0 Å². The van der Waals surface area contributed by atoms with Gasteiger partial charge in [-0.25, -0.2) is 9.59 Å². The summed E-state index contributed by atoms with van der Waals surface area (Å²) in [5.41, 5.74) is -5.48. The molecule has 0 bridgehead atoms. The Morgan fingerprint density at radius 3 is 0.750 bits per heavy atom. The van der Waals surface area contributed by atoms with E-state index in [0.717, 1.165) is 0 Å². The monoisotopic (exact) mass is 448 g/mol. The first kappa shape index (κ1) is 34.9. The minimum atomic E-state index is -2.74. The number of hydrogen-bond donors (Lipinski definition) is 8. The summed E-state index contributed by atoms with van der Waals surface area (Å²) in [6.45, 7) is 0. The third-order valence-corrected chi connectivity index (χ3v) is 2.57. The van der Waals surface area contributed by atoms with E-state index in [4.69, 9.17) is 40.9 Å². The van der Waals surface area contributed by atoms with Gasteiger partial charge in [0.25, 0.3) is 0 Å². The molecule has 0 rings (SSSR count). The largest absolute Gasteiger partial charge is 1.00 e. The molecule has 0 fully saturated rings. The number of rotatable bonds is 10. The van der Waals surface area contributed by atoms with E-state index in [2.05, 4.69) is 0 Å². The van der Waals surface area contributed by atoms with Crippen LogP contribution in [0, 0.1) is 0 Å². The molecule has 0 aromatic carbocycles. The van der Waals surface area contributed by atoms with Gasteiger partial charge in [0, 0.05) is 0 Å². The molecule has 152 valence electrons. The topological polar surface area (TPSA) is 264 Å². The van der Waals surface area contributed by atoms with Crippen LogP contribution in [0.15, 0.2) is 0 Å². The third kappa shape index (κ3) is 15.3. The maximum atomic E-state index is 10.3.